The highest BCUT2D eigenvalue weighted by Gasteiger charge is 2.07. The van der Waals surface area contributed by atoms with Crippen molar-refractivity contribution in [2.24, 2.45) is 0 Å². The Kier molecular flexibility index (Phi) is 1.82. The average Bonchev–Trinajstić information content (AvgIpc) is 2.67. The molecule has 15 heavy (non-hydrogen) atoms. The van der Waals surface area contributed by atoms with Crippen molar-refractivity contribution in [3.8, 4) is 0 Å². The topological polar surface area (TPSA) is 17.1 Å². The van der Waals surface area contributed by atoms with Gasteiger partial charge in [-0.15, -0.1) is 11.3 Å². The molecular formula is C13H8OS. The second kappa shape index (κ2) is 3.17. The van der Waals surface area contributed by atoms with Gasteiger partial charge in [-0.25, -0.2) is 0 Å². The third-order valence-electron chi connectivity index (χ3n) is 2.56. The molecule has 0 saturated heterocycles. The Morgan fingerprint density at radius 1 is 0.933 bits per heavy atom. The average molecular weight is 212 g/mol. The van der Waals surface area contributed by atoms with Crippen LogP contribution in [0.3, 0.4) is 0 Å². The fourth-order valence-corrected chi connectivity index (χ4v) is 3.04. The van der Waals surface area contributed by atoms with Gasteiger partial charge in [0.25, 0.3) is 0 Å². The summed E-state index contributed by atoms with van der Waals surface area (Å²) in [7, 11) is 0. The van der Waals surface area contributed by atoms with Gasteiger partial charge in [0.2, 0.25) is 0 Å². The quantitative estimate of drug-likeness (QED) is 0.560. The molecule has 3 aromatic rings. The minimum absolute atomic E-state index is 0.782. The molecule has 0 aliphatic heterocycles. The molecule has 0 bridgehead atoms. The zero-order chi connectivity index (χ0) is 10.3. The molecule has 0 aliphatic carbocycles. The van der Waals surface area contributed by atoms with E-state index in [-0.39, 0.29) is 0 Å². The summed E-state index contributed by atoms with van der Waals surface area (Å²) in [5, 5.41) is 2.27. The first-order chi connectivity index (χ1) is 7.40. The first-order valence-corrected chi connectivity index (χ1v) is 5.57. The maximum Gasteiger partial charge on any atom is 0.150 e. The van der Waals surface area contributed by atoms with E-state index in [4.69, 9.17) is 0 Å². The molecule has 0 N–H and O–H groups in total. The van der Waals surface area contributed by atoms with E-state index < -0.39 is 0 Å². The fourth-order valence-electron chi connectivity index (χ4n) is 1.90. The van der Waals surface area contributed by atoms with Gasteiger partial charge in [0.05, 0.1) is 0 Å². The third-order valence-corrected chi connectivity index (χ3v) is 3.70. The highest BCUT2D eigenvalue weighted by molar-refractivity contribution is 7.25. The van der Waals surface area contributed by atoms with Crippen LogP contribution in [-0.2, 0) is 0 Å². The van der Waals surface area contributed by atoms with E-state index in [1.54, 1.807) is 11.3 Å². The smallest absolute Gasteiger partial charge is 0.150 e. The van der Waals surface area contributed by atoms with Crippen LogP contribution < -0.4 is 0 Å². The lowest BCUT2D eigenvalue weighted by Gasteiger charge is -1.94. The minimum atomic E-state index is 0.782. The van der Waals surface area contributed by atoms with Crippen molar-refractivity contribution in [2.75, 3.05) is 0 Å². The largest absolute Gasteiger partial charge is 0.298 e. The number of carbonyl (C=O) groups excluding carboxylic acids is 1. The van der Waals surface area contributed by atoms with Crippen LogP contribution in [0.2, 0.25) is 0 Å². The van der Waals surface area contributed by atoms with E-state index in [2.05, 4.69) is 18.2 Å². The van der Waals surface area contributed by atoms with Crippen molar-refractivity contribution >= 4 is 37.8 Å². The highest BCUT2D eigenvalue weighted by Crippen LogP contribution is 2.34. The lowest BCUT2D eigenvalue weighted by atomic mass is 10.1. The Balaban J connectivity index is 2.62. The second-order valence-electron chi connectivity index (χ2n) is 3.44. The van der Waals surface area contributed by atoms with Crippen molar-refractivity contribution in [3.63, 3.8) is 0 Å². The number of benzene rings is 2. The summed E-state index contributed by atoms with van der Waals surface area (Å²) >= 11 is 1.73. The van der Waals surface area contributed by atoms with Crippen molar-refractivity contribution in [1.82, 2.24) is 0 Å². The molecule has 0 amide bonds. The molecule has 0 spiro atoms. The molecule has 2 aromatic carbocycles. The third kappa shape index (κ3) is 1.18. The van der Waals surface area contributed by atoms with Crippen LogP contribution in [-0.4, -0.2) is 6.29 Å². The monoisotopic (exact) mass is 212 g/mol. The molecule has 1 nitrogen and oxygen atoms in total. The number of aldehydes is 1. The highest BCUT2D eigenvalue weighted by atomic mass is 32.1. The van der Waals surface area contributed by atoms with E-state index >= 15 is 0 Å². The summed E-state index contributed by atoms with van der Waals surface area (Å²) in [4.78, 5) is 11.0. The number of rotatable bonds is 1. The molecular weight excluding hydrogens is 204 g/mol. The van der Waals surface area contributed by atoms with Crippen LogP contribution in [0.5, 0.6) is 0 Å². The summed E-state index contributed by atoms with van der Waals surface area (Å²) in [5.41, 5.74) is 0.782. The Morgan fingerprint density at radius 2 is 1.73 bits per heavy atom. The molecule has 0 unspecified atom stereocenters. The zero-order valence-corrected chi connectivity index (χ0v) is 8.75. The Hall–Kier alpha value is -1.67. The van der Waals surface area contributed by atoms with Crippen LogP contribution >= 0.6 is 11.3 Å². The standard InChI is InChI=1S/C13H8OS/c14-8-9-4-3-7-12-13(9)10-5-1-2-6-11(10)15-12/h1-8H. The Bertz CT molecular complexity index is 652. The molecule has 72 valence electrons. The van der Waals surface area contributed by atoms with Gasteiger partial charge in [-0.1, -0.05) is 30.3 Å². The van der Waals surface area contributed by atoms with Crippen molar-refractivity contribution in [3.05, 3.63) is 48.0 Å². The number of carbonyl (C=O) groups is 1. The van der Waals surface area contributed by atoms with Gasteiger partial charge < -0.3 is 0 Å². The lowest BCUT2D eigenvalue weighted by Crippen LogP contribution is -1.79. The minimum Gasteiger partial charge on any atom is -0.298 e. The summed E-state index contributed by atoms with van der Waals surface area (Å²) in [6.45, 7) is 0. The molecule has 0 aliphatic rings. The maximum atomic E-state index is 11.0. The van der Waals surface area contributed by atoms with Crippen molar-refractivity contribution < 1.29 is 4.79 Å². The number of thiophene rings is 1. The molecule has 2 heteroatoms. The summed E-state index contributed by atoms with van der Waals surface area (Å²) in [5.74, 6) is 0. The van der Waals surface area contributed by atoms with Crippen LogP contribution in [0, 0.1) is 0 Å². The Labute approximate surface area is 91.0 Å². The molecule has 0 fully saturated rings. The van der Waals surface area contributed by atoms with Gasteiger partial charge in [-0.05, 0) is 12.1 Å². The lowest BCUT2D eigenvalue weighted by molar-refractivity contribution is 0.112. The second-order valence-corrected chi connectivity index (χ2v) is 4.52. The van der Waals surface area contributed by atoms with Gasteiger partial charge >= 0.3 is 0 Å². The van der Waals surface area contributed by atoms with E-state index in [1.807, 2.05) is 24.3 Å². The predicted octanol–water partition coefficient (Wildman–Crippen LogP) is 3.87. The molecule has 3 rings (SSSR count). The van der Waals surface area contributed by atoms with E-state index in [0.717, 1.165) is 17.2 Å². The molecule has 0 radical (unpaired) electrons. The number of hydrogen-bond donors (Lipinski definition) is 0. The van der Waals surface area contributed by atoms with Gasteiger partial charge in [0.15, 0.2) is 6.29 Å². The summed E-state index contributed by atoms with van der Waals surface area (Å²) in [6.07, 6.45) is 0.932. The van der Waals surface area contributed by atoms with E-state index in [1.165, 1.54) is 14.8 Å². The Morgan fingerprint density at radius 3 is 2.60 bits per heavy atom. The molecule has 0 atom stereocenters. The normalized spacial score (nSPS) is 10.9. The van der Waals surface area contributed by atoms with Crippen LogP contribution in [0.15, 0.2) is 42.5 Å². The van der Waals surface area contributed by atoms with Gasteiger partial charge in [-0.3, -0.25) is 4.79 Å². The summed E-state index contributed by atoms with van der Waals surface area (Å²) in [6, 6.07) is 14.1. The summed E-state index contributed by atoms with van der Waals surface area (Å²) < 4.78 is 2.42. The zero-order valence-electron chi connectivity index (χ0n) is 7.94. The number of hydrogen-bond acceptors (Lipinski definition) is 2. The van der Waals surface area contributed by atoms with Crippen molar-refractivity contribution in [1.29, 1.82) is 0 Å². The van der Waals surface area contributed by atoms with Gasteiger partial charge in [0.1, 0.15) is 0 Å². The van der Waals surface area contributed by atoms with Gasteiger partial charge in [0, 0.05) is 25.7 Å². The SMILES string of the molecule is O=Cc1cccc2sc3ccccc3c12. The molecule has 0 saturated carbocycles. The molecule has 1 heterocycles. The first kappa shape index (κ1) is 8.62. The van der Waals surface area contributed by atoms with Crippen molar-refractivity contribution in [2.45, 2.75) is 0 Å². The number of fused-ring (bicyclic) bond motifs is 3. The molecule has 1 aromatic heterocycles. The van der Waals surface area contributed by atoms with Crippen LogP contribution in [0.4, 0.5) is 0 Å². The first-order valence-electron chi connectivity index (χ1n) is 4.75. The van der Waals surface area contributed by atoms with E-state index in [9.17, 15) is 4.79 Å². The fraction of sp³-hybridized carbons (Fsp3) is 0. The van der Waals surface area contributed by atoms with E-state index in [0.29, 0.717) is 0 Å². The van der Waals surface area contributed by atoms with Crippen LogP contribution in [0.25, 0.3) is 20.2 Å². The van der Waals surface area contributed by atoms with Crippen LogP contribution in [0.1, 0.15) is 10.4 Å². The van der Waals surface area contributed by atoms with Gasteiger partial charge in [-0.2, -0.15) is 0 Å². The predicted molar refractivity (Wildman–Crippen MR) is 64.7 cm³/mol. The maximum absolute atomic E-state index is 11.0.